The zero-order valence-electron chi connectivity index (χ0n) is 27.9. The van der Waals surface area contributed by atoms with Gasteiger partial charge in [-0.05, 0) is 78.8 Å². The van der Waals surface area contributed by atoms with E-state index in [9.17, 15) is 19.2 Å². The number of fused-ring (bicyclic) bond motifs is 3. The minimum Gasteiger partial charge on any atom is -0.462 e. The van der Waals surface area contributed by atoms with Crippen LogP contribution in [0.4, 0.5) is 10.5 Å². The van der Waals surface area contributed by atoms with Crippen molar-refractivity contribution in [3.8, 4) is 11.1 Å². The molecular weight excluding hydrogens is 608 g/mol. The number of aryl methyl sites for hydroxylation is 1. The summed E-state index contributed by atoms with van der Waals surface area (Å²) in [6.45, 7) is 5.32. The van der Waals surface area contributed by atoms with E-state index in [0.29, 0.717) is 12.1 Å². The van der Waals surface area contributed by atoms with E-state index in [1.165, 1.54) is 0 Å². The number of esters is 1. The van der Waals surface area contributed by atoms with Crippen LogP contribution < -0.4 is 21.7 Å². The quantitative estimate of drug-likeness (QED) is 0.190. The first-order chi connectivity index (χ1) is 23.1. The van der Waals surface area contributed by atoms with E-state index in [-0.39, 0.29) is 43.0 Å². The Labute approximate surface area is 282 Å². The van der Waals surface area contributed by atoms with Crippen molar-refractivity contribution in [2.45, 2.75) is 89.4 Å². The molecule has 2 aliphatic rings. The molecule has 0 radical (unpaired) electrons. The van der Waals surface area contributed by atoms with Crippen molar-refractivity contribution >= 4 is 29.6 Å². The molecule has 1 fully saturated rings. The Morgan fingerprint density at radius 3 is 2.04 bits per heavy atom. The fraction of sp³-hybridized carbons (Fsp3) is 0.421. The lowest BCUT2D eigenvalue weighted by Gasteiger charge is -2.26. The second-order valence-electron chi connectivity index (χ2n) is 13.1. The largest absolute Gasteiger partial charge is 0.462 e. The minimum absolute atomic E-state index is 0.0926. The molecule has 10 nitrogen and oxygen atoms in total. The van der Waals surface area contributed by atoms with E-state index in [1.807, 2.05) is 62.4 Å². The molecule has 0 spiro atoms. The van der Waals surface area contributed by atoms with Crippen LogP contribution in [-0.4, -0.2) is 54.7 Å². The van der Waals surface area contributed by atoms with E-state index in [4.69, 9.17) is 15.2 Å². The van der Waals surface area contributed by atoms with E-state index in [1.54, 1.807) is 19.1 Å². The molecule has 5 rings (SSSR count). The van der Waals surface area contributed by atoms with Crippen molar-refractivity contribution in [3.05, 3.63) is 89.5 Å². The predicted molar refractivity (Wildman–Crippen MR) is 184 cm³/mol. The summed E-state index contributed by atoms with van der Waals surface area (Å²) < 4.78 is 11.3. The highest BCUT2D eigenvalue weighted by Crippen LogP contribution is 2.44. The first-order valence-corrected chi connectivity index (χ1v) is 16.9. The first kappa shape index (κ1) is 34.6. The second-order valence-corrected chi connectivity index (χ2v) is 13.1. The molecule has 0 saturated heterocycles. The molecule has 48 heavy (non-hydrogen) atoms. The zero-order valence-corrected chi connectivity index (χ0v) is 27.9. The number of carbonyl (C=O) groups excluding carboxylic acids is 4. The fourth-order valence-corrected chi connectivity index (χ4v) is 6.46. The van der Waals surface area contributed by atoms with E-state index in [0.717, 1.165) is 53.5 Å². The van der Waals surface area contributed by atoms with Gasteiger partial charge < -0.3 is 31.2 Å². The van der Waals surface area contributed by atoms with Crippen molar-refractivity contribution in [3.63, 3.8) is 0 Å². The highest BCUT2D eigenvalue weighted by Gasteiger charge is 2.31. The van der Waals surface area contributed by atoms with Gasteiger partial charge in [-0.2, -0.15) is 0 Å². The third kappa shape index (κ3) is 8.60. The number of hydrogen-bond acceptors (Lipinski definition) is 7. The average molecular weight is 655 g/mol. The molecule has 3 aromatic carbocycles. The topological polar surface area (TPSA) is 149 Å². The number of anilines is 1. The van der Waals surface area contributed by atoms with E-state index >= 15 is 0 Å². The molecule has 254 valence electrons. The lowest BCUT2D eigenvalue weighted by molar-refractivity contribution is -0.150. The number of rotatable bonds is 12. The molecule has 10 heteroatoms. The van der Waals surface area contributed by atoms with Crippen LogP contribution in [0.25, 0.3) is 11.1 Å². The Morgan fingerprint density at radius 1 is 0.792 bits per heavy atom. The smallest absolute Gasteiger partial charge is 0.407 e. The highest BCUT2D eigenvalue weighted by molar-refractivity contribution is 5.98. The van der Waals surface area contributed by atoms with Crippen LogP contribution >= 0.6 is 0 Å². The van der Waals surface area contributed by atoms with Crippen molar-refractivity contribution in [1.82, 2.24) is 10.6 Å². The fourth-order valence-electron chi connectivity index (χ4n) is 6.46. The Balaban J connectivity index is 1.11. The van der Waals surface area contributed by atoms with Crippen molar-refractivity contribution in [2.75, 3.05) is 11.9 Å². The van der Waals surface area contributed by atoms with Gasteiger partial charge in [0.15, 0.2) is 0 Å². The van der Waals surface area contributed by atoms with E-state index < -0.39 is 30.0 Å². The van der Waals surface area contributed by atoms with Gasteiger partial charge in [-0.3, -0.25) is 14.4 Å². The first-order valence-electron chi connectivity index (χ1n) is 16.9. The maximum Gasteiger partial charge on any atom is 0.407 e. The molecule has 0 unspecified atom stereocenters. The summed E-state index contributed by atoms with van der Waals surface area (Å²) in [4.78, 5) is 51.9. The van der Waals surface area contributed by atoms with Gasteiger partial charge in [0, 0.05) is 24.1 Å². The monoisotopic (exact) mass is 654 g/mol. The number of alkyl carbamates (subject to hydrolysis) is 1. The van der Waals surface area contributed by atoms with Gasteiger partial charge in [-0.15, -0.1) is 0 Å². The number of benzene rings is 3. The van der Waals surface area contributed by atoms with Crippen LogP contribution in [0.15, 0.2) is 72.8 Å². The molecule has 2 atom stereocenters. The maximum absolute atomic E-state index is 13.3. The van der Waals surface area contributed by atoms with Crippen molar-refractivity contribution < 1.29 is 28.7 Å². The Hall–Kier alpha value is -4.70. The summed E-state index contributed by atoms with van der Waals surface area (Å²) in [7, 11) is 0. The SMILES string of the molecule is CC(C)[C@H](NC(=O)OCC1c2ccccc2-c2ccccc21)C(=O)N[C@@H](C)C(=O)Nc1ccccc1CCC(=O)OC1CCC(N)CC1. The second kappa shape index (κ2) is 15.9. The lowest BCUT2D eigenvalue weighted by atomic mass is 9.94. The molecular formula is C38H46N4O6. The van der Waals surface area contributed by atoms with Gasteiger partial charge in [0.2, 0.25) is 11.8 Å². The molecule has 1 saturated carbocycles. The van der Waals surface area contributed by atoms with Crippen molar-refractivity contribution in [1.29, 1.82) is 0 Å². The number of para-hydroxylation sites is 1. The van der Waals surface area contributed by atoms with Gasteiger partial charge in [0.25, 0.3) is 0 Å². The number of hydrogen-bond donors (Lipinski definition) is 4. The van der Waals surface area contributed by atoms with Crippen LogP contribution in [0.1, 0.15) is 75.5 Å². The summed E-state index contributed by atoms with van der Waals surface area (Å²) >= 11 is 0. The number of nitrogens with one attached hydrogen (secondary N) is 3. The summed E-state index contributed by atoms with van der Waals surface area (Å²) in [5.41, 5.74) is 11.7. The lowest BCUT2D eigenvalue weighted by Crippen LogP contribution is -2.53. The van der Waals surface area contributed by atoms with Crippen LogP contribution in [-0.2, 0) is 30.3 Å². The molecule has 2 aliphatic carbocycles. The summed E-state index contributed by atoms with van der Waals surface area (Å²) in [5.74, 6) is -1.59. The summed E-state index contributed by atoms with van der Waals surface area (Å²) in [6, 6.07) is 21.7. The van der Waals surface area contributed by atoms with Gasteiger partial charge >= 0.3 is 12.1 Å². The van der Waals surface area contributed by atoms with Crippen LogP contribution in [0.2, 0.25) is 0 Å². The normalized spacial score (nSPS) is 18.2. The molecule has 0 bridgehead atoms. The minimum atomic E-state index is -0.922. The Kier molecular flexibility index (Phi) is 11.5. The van der Waals surface area contributed by atoms with Crippen LogP contribution in [0, 0.1) is 5.92 Å². The third-order valence-corrected chi connectivity index (χ3v) is 9.21. The predicted octanol–water partition coefficient (Wildman–Crippen LogP) is 5.44. The summed E-state index contributed by atoms with van der Waals surface area (Å²) in [6.07, 6.45) is 3.04. The standard InChI is InChI=1S/C38H46N4O6/c1-23(2)35(42-38(46)47-22-32-30-13-7-5-11-28(30)29-12-6-8-14-31(29)32)37(45)40-24(3)36(44)41-33-15-9-4-10-25(33)16-21-34(43)48-27-19-17-26(39)18-20-27/h4-15,23-24,26-27,32,35H,16-22,39H2,1-3H3,(H,40,45)(H,41,44)(H,42,46)/t24-,26?,27?,35-/m0/s1. The van der Waals surface area contributed by atoms with Gasteiger partial charge in [0.1, 0.15) is 24.8 Å². The van der Waals surface area contributed by atoms with Gasteiger partial charge in [-0.25, -0.2) is 4.79 Å². The van der Waals surface area contributed by atoms with Crippen molar-refractivity contribution in [2.24, 2.45) is 11.7 Å². The molecule has 0 aliphatic heterocycles. The molecule has 3 amide bonds. The number of carbonyl (C=O) groups is 4. The van der Waals surface area contributed by atoms with Crippen LogP contribution in [0.5, 0.6) is 0 Å². The maximum atomic E-state index is 13.3. The Morgan fingerprint density at radius 2 is 1.40 bits per heavy atom. The molecule has 5 N–H and O–H groups in total. The van der Waals surface area contributed by atoms with Gasteiger partial charge in [-0.1, -0.05) is 80.6 Å². The molecule has 0 aromatic heterocycles. The average Bonchev–Trinajstić information content (AvgIpc) is 3.40. The highest BCUT2D eigenvalue weighted by atomic mass is 16.6. The Bertz CT molecular complexity index is 1570. The zero-order chi connectivity index (χ0) is 34.2. The van der Waals surface area contributed by atoms with E-state index in [2.05, 4.69) is 28.1 Å². The van der Waals surface area contributed by atoms with Gasteiger partial charge in [0.05, 0.1) is 0 Å². The number of amides is 3. The number of nitrogens with two attached hydrogens (primary N) is 1. The summed E-state index contributed by atoms with van der Waals surface area (Å²) in [5, 5.41) is 8.29. The third-order valence-electron chi connectivity index (χ3n) is 9.21. The molecule has 3 aromatic rings. The van der Waals surface area contributed by atoms with Crippen LogP contribution in [0.3, 0.4) is 0 Å². The molecule has 0 heterocycles. The number of ether oxygens (including phenoxy) is 2.